The standard InChI is InChI=1S/C21H31N5S.HI/c1-3-22-21(25-15-20-23-13-17(2)27-20)24-14-19-11-7-8-12-26(19)16-18-9-5-4-6-10-18;/h4-6,9-10,13,19H,3,7-8,11-12,14-16H2,1-2H3,(H2,22,24,25);1H. The lowest BCUT2D eigenvalue weighted by Gasteiger charge is -2.36. The van der Waals surface area contributed by atoms with E-state index in [1.807, 2.05) is 6.20 Å². The van der Waals surface area contributed by atoms with E-state index in [4.69, 9.17) is 4.99 Å². The maximum atomic E-state index is 4.71. The van der Waals surface area contributed by atoms with Crippen LogP contribution in [-0.4, -0.2) is 41.5 Å². The van der Waals surface area contributed by atoms with Crippen LogP contribution in [0.1, 0.15) is 41.6 Å². The third-order valence-electron chi connectivity index (χ3n) is 4.87. The fraction of sp³-hybridized carbons (Fsp3) is 0.524. The molecule has 1 aromatic carbocycles. The molecule has 1 unspecified atom stereocenters. The average molecular weight is 513 g/mol. The minimum Gasteiger partial charge on any atom is -0.357 e. The Bertz CT molecular complexity index is 719. The molecule has 2 aromatic rings. The van der Waals surface area contributed by atoms with Crippen molar-refractivity contribution in [1.82, 2.24) is 20.5 Å². The summed E-state index contributed by atoms with van der Waals surface area (Å²) in [7, 11) is 0. The monoisotopic (exact) mass is 513 g/mol. The summed E-state index contributed by atoms with van der Waals surface area (Å²) in [6.45, 7) is 8.81. The fourth-order valence-electron chi connectivity index (χ4n) is 3.49. The molecule has 0 bridgehead atoms. The molecular formula is C21H32IN5S. The number of aryl methyl sites for hydroxylation is 1. The van der Waals surface area contributed by atoms with Gasteiger partial charge in [0, 0.05) is 36.8 Å². The average Bonchev–Trinajstić information content (AvgIpc) is 3.11. The molecule has 0 saturated carbocycles. The van der Waals surface area contributed by atoms with Gasteiger partial charge in [0.15, 0.2) is 5.96 Å². The molecule has 154 valence electrons. The summed E-state index contributed by atoms with van der Waals surface area (Å²) in [4.78, 5) is 13.0. The van der Waals surface area contributed by atoms with Crippen LogP contribution in [0.15, 0.2) is 41.5 Å². The van der Waals surface area contributed by atoms with Gasteiger partial charge in [-0.3, -0.25) is 4.90 Å². The van der Waals surface area contributed by atoms with Crippen LogP contribution < -0.4 is 10.6 Å². The quantitative estimate of drug-likeness (QED) is 0.332. The number of likely N-dealkylation sites (tertiary alicyclic amines) is 1. The Kier molecular flexibility index (Phi) is 10.2. The van der Waals surface area contributed by atoms with Gasteiger partial charge in [0.25, 0.3) is 0 Å². The highest BCUT2D eigenvalue weighted by Crippen LogP contribution is 2.19. The van der Waals surface area contributed by atoms with Crippen molar-refractivity contribution in [3.8, 4) is 0 Å². The third-order valence-corrected chi connectivity index (χ3v) is 5.77. The Morgan fingerprint density at radius 1 is 1.25 bits per heavy atom. The van der Waals surface area contributed by atoms with E-state index in [1.54, 1.807) is 11.3 Å². The third kappa shape index (κ3) is 7.33. The van der Waals surface area contributed by atoms with E-state index >= 15 is 0 Å². The smallest absolute Gasteiger partial charge is 0.191 e. The van der Waals surface area contributed by atoms with Crippen LogP contribution in [0.25, 0.3) is 0 Å². The van der Waals surface area contributed by atoms with Crippen LogP contribution in [0, 0.1) is 6.92 Å². The van der Waals surface area contributed by atoms with Crippen LogP contribution in [0.4, 0.5) is 0 Å². The molecule has 28 heavy (non-hydrogen) atoms. The number of rotatable bonds is 7. The lowest BCUT2D eigenvalue weighted by atomic mass is 10.0. The summed E-state index contributed by atoms with van der Waals surface area (Å²) in [5.74, 6) is 0.885. The van der Waals surface area contributed by atoms with Crippen molar-refractivity contribution in [2.24, 2.45) is 4.99 Å². The maximum absolute atomic E-state index is 4.71. The highest BCUT2D eigenvalue weighted by molar-refractivity contribution is 14.0. The predicted octanol–water partition coefficient (Wildman–Crippen LogP) is 4.18. The Labute approximate surface area is 190 Å². The summed E-state index contributed by atoms with van der Waals surface area (Å²) >= 11 is 1.71. The minimum absolute atomic E-state index is 0. The SMILES string of the molecule is CCNC(=NCc1ncc(C)s1)NCC1CCCCN1Cc1ccccc1.I. The molecule has 0 spiro atoms. The molecule has 1 saturated heterocycles. The van der Waals surface area contributed by atoms with Gasteiger partial charge in [0.1, 0.15) is 5.01 Å². The molecule has 1 atom stereocenters. The van der Waals surface area contributed by atoms with Gasteiger partial charge in [0.2, 0.25) is 0 Å². The Morgan fingerprint density at radius 3 is 2.79 bits per heavy atom. The molecule has 3 rings (SSSR count). The number of thiazole rings is 1. The summed E-state index contributed by atoms with van der Waals surface area (Å²) in [5, 5.41) is 7.98. The summed E-state index contributed by atoms with van der Waals surface area (Å²) in [6, 6.07) is 11.3. The largest absolute Gasteiger partial charge is 0.357 e. The van der Waals surface area contributed by atoms with E-state index in [9.17, 15) is 0 Å². The first kappa shape index (κ1) is 23.1. The number of nitrogens with zero attached hydrogens (tertiary/aromatic N) is 3. The molecule has 1 aromatic heterocycles. The molecule has 1 fully saturated rings. The Balaban J connectivity index is 0.00000280. The van der Waals surface area contributed by atoms with Gasteiger partial charge < -0.3 is 10.6 Å². The van der Waals surface area contributed by atoms with Crippen LogP contribution in [-0.2, 0) is 13.1 Å². The zero-order valence-electron chi connectivity index (χ0n) is 16.9. The van der Waals surface area contributed by atoms with Crippen molar-refractivity contribution >= 4 is 41.3 Å². The van der Waals surface area contributed by atoms with E-state index < -0.39 is 0 Å². The predicted molar refractivity (Wildman–Crippen MR) is 130 cm³/mol. The second-order valence-electron chi connectivity index (χ2n) is 7.05. The van der Waals surface area contributed by atoms with Crippen LogP contribution in [0.5, 0.6) is 0 Å². The molecule has 5 nitrogen and oxygen atoms in total. The lowest BCUT2D eigenvalue weighted by molar-refractivity contribution is 0.141. The second kappa shape index (κ2) is 12.4. The molecule has 0 radical (unpaired) electrons. The van der Waals surface area contributed by atoms with E-state index in [-0.39, 0.29) is 24.0 Å². The van der Waals surface area contributed by atoms with Gasteiger partial charge in [-0.05, 0) is 38.8 Å². The maximum Gasteiger partial charge on any atom is 0.191 e. The number of halogens is 1. The number of nitrogens with one attached hydrogen (secondary N) is 2. The van der Waals surface area contributed by atoms with Gasteiger partial charge in [-0.2, -0.15) is 0 Å². The normalized spacial score (nSPS) is 17.8. The van der Waals surface area contributed by atoms with Crippen molar-refractivity contribution in [3.05, 3.63) is 52.0 Å². The van der Waals surface area contributed by atoms with Gasteiger partial charge in [-0.15, -0.1) is 35.3 Å². The van der Waals surface area contributed by atoms with Crippen molar-refractivity contribution in [1.29, 1.82) is 0 Å². The minimum atomic E-state index is 0. The number of aliphatic imine (C=N–C) groups is 1. The molecule has 0 amide bonds. The molecule has 0 aliphatic carbocycles. The number of hydrogen-bond acceptors (Lipinski definition) is 4. The lowest BCUT2D eigenvalue weighted by Crippen LogP contribution is -2.48. The van der Waals surface area contributed by atoms with Crippen LogP contribution in [0.3, 0.4) is 0 Å². The second-order valence-corrected chi connectivity index (χ2v) is 8.37. The zero-order valence-corrected chi connectivity index (χ0v) is 20.0. The number of aromatic nitrogens is 1. The first-order valence-electron chi connectivity index (χ1n) is 9.96. The molecule has 1 aliphatic rings. The highest BCUT2D eigenvalue weighted by atomic mass is 127. The van der Waals surface area contributed by atoms with Gasteiger partial charge in [-0.1, -0.05) is 36.8 Å². The van der Waals surface area contributed by atoms with Crippen LogP contribution >= 0.6 is 35.3 Å². The van der Waals surface area contributed by atoms with Crippen LogP contribution in [0.2, 0.25) is 0 Å². The zero-order chi connectivity index (χ0) is 18.9. The molecule has 7 heteroatoms. The topological polar surface area (TPSA) is 52.6 Å². The van der Waals surface area contributed by atoms with E-state index in [0.29, 0.717) is 12.6 Å². The first-order valence-corrected chi connectivity index (χ1v) is 10.8. The molecule has 2 N–H and O–H groups in total. The number of piperidine rings is 1. The van der Waals surface area contributed by atoms with E-state index in [1.165, 1.54) is 36.2 Å². The summed E-state index contributed by atoms with van der Waals surface area (Å²) in [5.41, 5.74) is 1.39. The summed E-state index contributed by atoms with van der Waals surface area (Å²) in [6.07, 6.45) is 5.76. The van der Waals surface area contributed by atoms with Gasteiger partial charge in [0.05, 0.1) is 6.54 Å². The van der Waals surface area contributed by atoms with E-state index in [0.717, 1.165) is 30.6 Å². The number of hydrogen-bond donors (Lipinski definition) is 2. The highest BCUT2D eigenvalue weighted by Gasteiger charge is 2.22. The van der Waals surface area contributed by atoms with Crippen molar-refractivity contribution < 1.29 is 0 Å². The van der Waals surface area contributed by atoms with Gasteiger partial charge >= 0.3 is 0 Å². The summed E-state index contributed by atoms with van der Waals surface area (Å²) < 4.78 is 0. The Morgan fingerprint density at radius 2 is 2.07 bits per heavy atom. The first-order chi connectivity index (χ1) is 13.2. The van der Waals surface area contributed by atoms with Crippen molar-refractivity contribution in [3.63, 3.8) is 0 Å². The van der Waals surface area contributed by atoms with E-state index in [2.05, 4.69) is 64.7 Å². The molecular weight excluding hydrogens is 481 g/mol. The fourth-order valence-corrected chi connectivity index (χ4v) is 4.21. The van der Waals surface area contributed by atoms with Gasteiger partial charge in [-0.25, -0.2) is 9.98 Å². The molecule has 2 heterocycles. The number of guanidine groups is 1. The number of benzene rings is 1. The van der Waals surface area contributed by atoms with Crippen molar-refractivity contribution in [2.45, 2.75) is 52.2 Å². The Hall–Kier alpha value is -1.19. The molecule has 1 aliphatic heterocycles. The van der Waals surface area contributed by atoms with Crippen molar-refractivity contribution in [2.75, 3.05) is 19.6 Å².